The van der Waals surface area contributed by atoms with Crippen molar-refractivity contribution in [2.45, 2.75) is 10.3 Å². The van der Waals surface area contributed by atoms with E-state index in [1.807, 2.05) is 12.1 Å². The Morgan fingerprint density at radius 1 is 0.882 bits per heavy atom. The van der Waals surface area contributed by atoms with Crippen LogP contribution >= 0.6 is 0 Å². The van der Waals surface area contributed by atoms with E-state index in [1.165, 1.54) is 10.5 Å². The van der Waals surface area contributed by atoms with Gasteiger partial charge in [-0.15, -0.1) is 0 Å². The van der Waals surface area contributed by atoms with Crippen molar-refractivity contribution >= 4 is 10.9 Å². The molecule has 17 heavy (non-hydrogen) atoms. The molecule has 0 aliphatic rings. The van der Waals surface area contributed by atoms with Crippen LogP contribution in [0.2, 0.25) is 0 Å². The molecular formula is C15H17OS+. The number of methoxy groups -OCH3 is 1. The molecule has 88 valence electrons. The van der Waals surface area contributed by atoms with Crippen LogP contribution in [0.15, 0.2) is 65.6 Å². The van der Waals surface area contributed by atoms with Crippen molar-refractivity contribution in [2.75, 3.05) is 13.4 Å². The quantitative estimate of drug-likeness (QED) is 0.747. The van der Waals surface area contributed by atoms with E-state index in [9.17, 15) is 0 Å². The van der Waals surface area contributed by atoms with Gasteiger partial charge in [0.2, 0.25) is 5.44 Å². The van der Waals surface area contributed by atoms with E-state index in [-0.39, 0.29) is 16.3 Å². The molecule has 0 heterocycles. The summed E-state index contributed by atoms with van der Waals surface area (Å²) in [4.78, 5) is 1.34. The van der Waals surface area contributed by atoms with Crippen LogP contribution in [-0.2, 0) is 15.6 Å². The molecule has 0 bridgehead atoms. The van der Waals surface area contributed by atoms with Crippen LogP contribution in [0.25, 0.3) is 0 Å². The predicted molar refractivity (Wildman–Crippen MR) is 74.2 cm³/mol. The maximum Gasteiger partial charge on any atom is 0.249 e. The third-order valence-electron chi connectivity index (χ3n) is 2.72. The van der Waals surface area contributed by atoms with E-state index in [2.05, 4.69) is 54.8 Å². The van der Waals surface area contributed by atoms with Crippen LogP contribution in [0.3, 0.4) is 0 Å². The highest BCUT2D eigenvalue weighted by atomic mass is 32.2. The second-order valence-electron chi connectivity index (χ2n) is 3.85. The second kappa shape index (κ2) is 5.89. The molecule has 0 amide bonds. The Kier molecular flexibility index (Phi) is 4.24. The first-order valence-corrected chi connectivity index (χ1v) is 7.30. The molecule has 0 saturated carbocycles. The lowest BCUT2D eigenvalue weighted by Gasteiger charge is -2.14. The Morgan fingerprint density at radius 2 is 1.41 bits per heavy atom. The summed E-state index contributed by atoms with van der Waals surface area (Å²) in [5, 5.41) is 0. The number of hydrogen-bond donors (Lipinski definition) is 0. The van der Waals surface area contributed by atoms with Crippen molar-refractivity contribution in [3.05, 3.63) is 66.2 Å². The first-order chi connectivity index (χ1) is 8.33. The van der Waals surface area contributed by atoms with Gasteiger partial charge in [0.15, 0.2) is 4.90 Å². The fraction of sp³-hybridized carbons (Fsp3) is 0.200. The molecule has 2 heteroatoms. The lowest BCUT2D eigenvalue weighted by molar-refractivity contribution is 0.173. The van der Waals surface area contributed by atoms with E-state index < -0.39 is 0 Å². The molecule has 0 radical (unpaired) electrons. The monoisotopic (exact) mass is 245 g/mol. The molecule has 2 atom stereocenters. The van der Waals surface area contributed by atoms with Gasteiger partial charge in [0, 0.05) is 12.7 Å². The van der Waals surface area contributed by atoms with Crippen LogP contribution in [0.4, 0.5) is 0 Å². The Hall–Kier alpha value is -1.25. The summed E-state index contributed by atoms with van der Waals surface area (Å²) >= 11 is 0. The molecule has 0 N–H and O–H groups in total. The van der Waals surface area contributed by atoms with Crippen LogP contribution in [0.1, 0.15) is 11.0 Å². The molecule has 1 nitrogen and oxygen atoms in total. The lowest BCUT2D eigenvalue weighted by Crippen LogP contribution is -2.14. The van der Waals surface area contributed by atoms with E-state index >= 15 is 0 Å². The molecule has 0 aliphatic carbocycles. The van der Waals surface area contributed by atoms with Gasteiger partial charge in [-0.05, 0) is 12.1 Å². The van der Waals surface area contributed by atoms with Crippen molar-refractivity contribution in [3.63, 3.8) is 0 Å². The zero-order valence-corrected chi connectivity index (χ0v) is 11.0. The molecular weight excluding hydrogens is 228 g/mol. The fourth-order valence-electron chi connectivity index (χ4n) is 1.85. The number of rotatable bonds is 4. The molecule has 2 aromatic rings. The van der Waals surface area contributed by atoms with Gasteiger partial charge < -0.3 is 4.74 Å². The summed E-state index contributed by atoms with van der Waals surface area (Å²) < 4.78 is 5.66. The summed E-state index contributed by atoms with van der Waals surface area (Å²) in [5.41, 5.74) is 1.38. The van der Waals surface area contributed by atoms with E-state index in [0.717, 1.165) is 0 Å². The number of hydrogen-bond acceptors (Lipinski definition) is 1. The van der Waals surface area contributed by atoms with E-state index in [4.69, 9.17) is 4.74 Å². The zero-order chi connectivity index (χ0) is 12.1. The SMILES string of the molecule is COC(c1ccccc1)[S+](C)c1ccccc1. The van der Waals surface area contributed by atoms with Crippen molar-refractivity contribution < 1.29 is 4.74 Å². The van der Waals surface area contributed by atoms with Gasteiger partial charge in [-0.2, -0.15) is 0 Å². The molecule has 0 saturated heterocycles. The minimum Gasteiger partial charge on any atom is -0.333 e. The summed E-state index contributed by atoms with van der Waals surface area (Å²) in [6, 6.07) is 20.9. The smallest absolute Gasteiger partial charge is 0.249 e. The molecule has 2 rings (SSSR count). The molecule has 0 fully saturated rings. The Balaban J connectivity index is 2.25. The summed E-state index contributed by atoms with van der Waals surface area (Å²) in [5.74, 6) is 0. The van der Waals surface area contributed by atoms with Crippen molar-refractivity contribution in [3.8, 4) is 0 Å². The van der Waals surface area contributed by atoms with E-state index in [1.54, 1.807) is 7.11 Å². The van der Waals surface area contributed by atoms with Gasteiger partial charge in [-0.1, -0.05) is 48.5 Å². The van der Waals surface area contributed by atoms with Gasteiger partial charge >= 0.3 is 0 Å². The van der Waals surface area contributed by atoms with E-state index in [0.29, 0.717) is 0 Å². The number of ether oxygens (including phenoxy) is 1. The van der Waals surface area contributed by atoms with Crippen molar-refractivity contribution in [1.82, 2.24) is 0 Å². The highest BCUT2D eigenvalue weighted by Crippen LogP contribution is 2.29. The van der Waals surface area contributed by atoms with Gasteiger partial charge in [0.25, 0.3) is 0 Å². The Bertz CT molecular complexity index is 441. The second-order valence-corrected chi connectivity index (χ2v) is 5.86. The number of benzene rings is 2. The van der Waals surface area contributed by atoms with Gasteiger partial charge in [0.05, 0.1) is 10.9 Å². The average molecular weight is 245 g/mol. The third kappa shape index (κ3) is 2.90. The summed E-state index contributed by atoms with van der Waals surface area (Å²) in [6.45, 7) is 0. The first-order valence-electron chi connectivity index (χ1n) is 5.60. The molecule has 2 unspecified atom stereocenters. The minimum absolute atomic E-state index is 0.0556. The third-order valence-corrected chi connectivity index (χ3v) is 4.84. The topological polar surface area (TPSA) is 9.23 Å². The highest BCUT2D eigenvalue weighted by Gasteiger charge is 2.29. The maximum atomic E-state index is 5.66. The van der Waals surface area contributed by atoms with Crippen LogP contribution in [0, 0.1) is 0 Å². The summed E-state index contributed by atoms with van der Waals surface area (Å²) in [7, 11) is 1.84. The molecule has 0 spiro atoms. The Labute approximate surface area is 106 Å². The van der Waals surface area contributed by atoms with Gasteiger partial charge in [0.1, 0.15) is 6.26 Å². The fourth-order valence-corrected chi connectivity index (χ4v) is 3.54. The van der Waals surface area contributed by atoms with Crippen LogP contribution in [0.5, 0.6) is 0 Å². The standard InChI is InChI=1S/C15H17OS/c1-16-15(13-9-5-3-6-10-13)17(2)14-11-7-4-8-12-14/h3-12,15H,1-2H3/q+1. The molecule has 0 aliphatic heterocycles. The first kappa shape index (κ1) is 12.2. The molecule has 0 aromatic heterocycles. The minimum atomic E-state index is 0.0556. The van der Waals surface area contributed by atoms with Gasteiger partial charge in [-0.3, -0.25) is 0 Å². The normalized spacial score (nSPS) is 14.2. The van der Waals surface area contributed by atoms with Gasteiger partial charge in [-0.25, -0.2) is 0 Å². The largest absolute Gasteiger partial charge is 0.333 e. The maximum absolute atomic E-state index is 5.66. The molecule has 2 aromatic carbocycles. The zero-order valence-electron chi connectivity index (χ0n) is 10.2. The summed E-state index contributed by atoms with van der Waals surface area (Å²) in [6.07, 6.45) is 2.23. The van der Waals surface area contributed by atoms with Crippen molar-refractivity contribution in [2.24, 2.45) is 0 Å². The van der Waals surface area contributed by atoms with Crippen molar-refractivity contribution in [1.29, 1.82) is 0 Å². The van der Waals surface area contributed by atoms with Crippen LogP contribution < -0.4 is 0 Å². The average Bonchev–Trinajstić information content (AvgIpc) is 2.42. The predicted octanol–water partition coefficient (Wildman–Crippen LogP) is 3.64. The highest BCUT2D eigenvalue weighted by molar-refractivity contribution is 7.96. The lowest BCUT2D eigenvalue weighted by atomic mass is 10.2. The Morgan fingerprint density at radius 3 is 1.94 bits per heavy atom. The van der Waals surface area contributed by atoms with Crippen LogP contribution in [-0.4, -0.2) is 13.4 Å².